The van der Waals surface area contributed by atoms with E-state index in [1.54, 1.807) is 37.5 Å². The third-order valence-corrected chi connectivity index (χ3v) is 3.89. The summed E-state index contributed by atoms with van der Waals surface area (Å²) in [7, 11) is 1.57. The number of nitrogens with one attached hydrogen (secondary N) is 2. The van der Waals surface area contributed by atoms with Crippen molar-refractivity contribution in [2.24, 2.45) is 0 Å². The number of halogens is 1. The summed E-state index contributed by atoms with van der Waals surface area (Å²) in [4.78, 5) is 23.7. The number of carbonyl (C=O) groups excluding carboxylic acids is 2. The summed E-state index contributed by atoms with van der Waals surface area (Å²) >= 11 is 3.36. The molecule has 2 aromatic rings. The van der Waals surface area contributed by atoms with Crippen LogP contribution in [0.4, 0.5) is 0 Å². The lowest BCUT2D eigenvalue weighted by Gasteiger charge is -2.06. The van der Waals surface area contributed by atoms with Crippen molar-refractivity contribution < 1.29 is 14.3 Å². The average molecular weight is 403 g/mol. The second-order valence-electron chi connectivity index (χ2n) is 5.16. The minimum atomic E-state index is -0.207. The number of rotatable bonds is 7. The van der Waals surface area contributed by atoms with E-state index in [0.29, 0.717) is 24.4 Å². The van der Waals surface area contributed by atoms with Gasteiger partial charge >= 0.3 is 0 Å². The van der Waals surface area contributed by atoms with Gasteiger partial charge in [0.2, 0.25) is 5.91 Å². The van der Waals surface area contributed by atoms with Crippen LogP contribution in [0.3, 0.4) is 0 Å². The molecule has 130 valence electrons. The van der Waals surface area contributed by atoms with Crippen LogP contribution in [-0.4, -0.2) is 32.0 Å². The van der Waals surface area contributed by atoms with Gasteiger partial charge in [0.25, 0.3) is 5.91 Å². The number of carbonyl (C=O) groups is 2. The molecule has 0 radical (unpaired) electrons. The van der Waals surface area contributed by atoms with Crippen molar-refractivity contribution >= 4 is 33.8 Å². The Morgan fingerprint density at radius 3 is 2.28 bits per heavy atom. The Bertz CT molecular complexity index is 740. The van der Waals surface area contributed by atoms with Crippen molar-refractivity contribution in [2.45, 2.75) is 0 Å². The number of ether oxygens (including phenoxy) is 1. The lowest BCUT2D eigenvalue weighted by molar-refractivity contribution is -0.116. The van der Waals surface area contributed by atoms with Crippen molar-refractivity contribution in [1.82, 2.24) is 10.6 Å². The molecule has 0 bridgehead atoms. The number of hydrogen-bond donors (Lipinski definition) is 2. The van der Waals surface area contributed by atoms with Crippen LogP contribution < -0.4 is 15.4 Å². The van der Waals surface area contributed by atoms with E-state index in [1.165, 1.54) is 6.08 Å². The van der Waals surface area contributed by atoms with E-state index >= 15 is 0 Å². The second kappa shape index (κ2) is 9.64. The van der Waals surface area contributed by atoms with Crippen molar-refractivity contribution in [3.05, 3.63) is 70.2 Å². The van der Waals surface area contributed by atoms with Gasteiger partial charge in [-0.05, 0) is 48.0 Å². The Morgan fingerprint density at radius 1 is 1.00 bits per heavy atom. The molecule has 0 saturated heterocycles. The molecule has 2 aromatic carbocycles. The van der Waals surface area contributed by atoms with Gasteiger partial charge < -0.3 is 15.4 Å². The first-order chi connectivity index (χ1) is 12.1. The molecule has 0 aliphatic rings. The number of amides is 2. The van der Waals surface area contributed by atoms with Gasteiger partial charge in [0, 0.05) is 29.2 Å². The fourth-order valence-electron chi connectivity index (χ4n) is 2.01. The van der Waals surface area contributed by atoms with Crippen LogP contribution in [0.2, 0.25) is 0 Å². The van der Waals surface area contributed by atoms with Crippen LogP contribution >= 0.6 is 15.9 Å². The third kappa shape index (κ3) is 6.43. The van der Waals surface area contributed by atoms with Crippen LogP contribution in [-0.2, 0) is 4.79 Å². The molecule has 6 heteroatoms. The highest BCUT2D eigenvalue weighted by molar-refractivity contribution is 9.10. The summed E-state index contributed by atoms with van der Waals surface area (Å²) in [6.07, 6.45) is 3.20. The largest absolute Gasteiger partial charge is 0.497 e. The molecular formula is C19H19BrN2O3. The molecule has 0 aliphatic carbocycles. The number of methoxy groups -OCH3 is 1. The van der Waals surface area contributed by atoms with E-state index < -0.39 is 0 Å². The molecule has 0 spiro atoms. The average Bonchev–Trinajstić information content (AvgIpc) is 2.64. The molecule has 0 unspecified atom stereocenters. The predicted octanol–water partition coefficient (Wildman–Crippen LogP) is 3.02. The Kier molecular flexibility index (Phi) is 7.22. The first-order valence-electron chi connectivity index (χ1n) is 7.72. The highest BCUT2D eigenvalue weighted by Gasteiger charge is 2.04. The van der Waals surface area contributed by atoms with E-state index in [0.717, 1.165) is 10.0 Å². The maximum absolute atomic E-state index is 11.9. The normalized spacial score (nSPS) is 10.5. The summed E-state index contributed by atoms with van der Waals surface area (Å²) in [6, 6.07) is 14.5. The zero-order chi connectivity index (χ0) is 18.1. The quantitative estimate of drug-likeness (QED) is 0.552. The molecule has 0 aliphatic heterocycles. The van der Waals surface area contributed by atoms with E-state index in [1.807, 2.05) is 24.3 Å². The molecule has 25 heavy (non-hydrogen) atoms. The fraction of sp³-hybridized carbons (Fsp3) is 0.158. The molecule has 0 saturated carbocycles. The molecule has 5 nitrogen and oxygen atoms in total. The first kappa shape index (κ1) is 18.7. The molecular weight excluding hydrogens is 384 g/mol. The molecule has 2 N–H and O–H groups in total. The predicted molar refractivity (Wildman–Crippen MR) is 102 cm³/mol. The molecule has 2 rings (SSSR count). The van der Waals surface area contributed by atoms with E-state index in [2.05, 4.69) is 26.6 Å². The van der Waals surface area contributed by atoms with Crippen LogP contribution in [0, 0.1) is 0 Å². The smallest absolute Gasteiger partial charge is 0.251 e. The van der Waals surface area contributed by atoms with Crippen molar-refractivity contribution in [3.63, 3.8) is 0 Å². The minimum Gasteiger partial charge on any atom is -0.497 e. The maximum atomic E-state index is 11.9. The van der Waals surface area contributed by atoms with Crippen LogP contribution in [0.5, 0.6) is 5.75 Å². The highest BCUT2D eigenvalue weighted by Crippen LogP contribution is 2.12. The second-order valence-corrected chi connectivity index (χ2v) is 6.08. The van der Waals surface area contributed by atoms with Crippen molar-refractivity contribution in [1.29, 1.82) is 0 Å². The van der Waals surface area contributed by atoms with Crippen molar-refractivity contribution in [3.8, 4) is 5.75 Å². The third-order valence-electron chi connectivity index (χ3n) is 3.36. The van der Waals surface area contributed by atoms with Gasteiger partial charge in [-0.1, -0.05) is 28.1 Å². The van der Waals surface area contributed by atoms with Crippen LogP contribution in [0.15, 0.2) is 59.1 Å². The minimum absolute atomic E-state index is 0.192. The number of benzene rings is 2. The topological polar surface area (TPSA) is 67.4 Å². The zero-order valence-electron chi connectivity index (χ0n) is 13.8. The Balaban J connectivity index is 1.70. The van der Waals surface area contributed by atoms with Gasteiger partial charge in [-0.15, -0.1) is 0 Å². The van der Waals surface area contributed by atoms with Gasteiger partial charge in [0.05, 0.1) is 7.11 Å². The fourth-order valence-corrected chi connectivity index (χ4v) is 2.28. The monoisotopic (exact) mass is 402 g/mol. The Morgan fingerprint density at radius 2 is 1.64 bits per heavy atom. The van der Waals surface area contributed by atoms with E-state index in [-0.39, 0.29) is 11.8 Å². The number of hydrogen-bond acceptors (Lipinski definition) is 3. The maximum Gasteiger partial charge on any atom is 0.251 e. The summed E-state index contributed by atoms with van der Waals surface area (Å²) in [5.41, 5.74) is 1.48. The van der Waals surface area contributed by atoms with Gasteiger partial charge in [-0.3, -0.25) is 9.59 Å². The summed E-state index contributed by atoms with van der Waals surface area (Å²) < 4.78 is 6.03. The van der Waals surface area contributed by atoms with Crippen LogP contribution in [0.25, 0.3) is 6.08 Å². The standard InChI is InChI=1S/C19H19BrN2O3/c1-25-17-9-5-15(6-10-17)19(24)22-13-12-21-18(23)11-4-14-2-7-16(20)8-3-14/h2-11H,12-13H2,1H3,(H,21,23)(H,22,24)/b11-4+. The lowest BCUT2D eigenvalue weighted by atomic mass is 10.2. The zero-order valence-corrected chi connectivity index (χ0v) is 15.4. The van der Waals surface area contributed by atoms with Crippen LogP contribution in [0.1, 0.15) is 15.9 Å². The van der Waals surface area contributed by atoms with E-state index in [9.17, 15) is 9.59 Å². The molecule has 0 aromatic heterocycles. The molecule has 0 atom stereocenters. The Hall–Kier alpha value is -2.60. The van der Waals surface area contributed by atoms with Crippen molar-refractivity contribution in [2.75, 3.05) is 20.2 Å². The Labute approximate surface area is 155 Å². The molecule has 2 amide bonds. The summed E-state index contributed by atoms with van der Waals surface area (Å²) in [5, 5.41) is 5.47. The SMILES string of the molecule is COc1ccc(C(=O)NCCNC(=O)/C=C/c2ccc(Br)cc2)cc1. The molecule has 0 fully saturated rings. The van der Waals surface area contributed by atoms with Gasteiger partial charge in [0.15, 0.2) is 0 Å². The summed E-state index contributed by atoms with van der Waals surface area (Å²) in [6.45, 7) is 0.703. The van der Waals surface area contributed by atoms with Gasteiger partial charge in [-0.2, -0.15) is 0 Å². The molecule has 0 heterocycles. The van der Waals surface area contributed by atoms with E-state index in [4.69, 9.17) is 4.74 Å². The highest BCUT2D eigenvalue weighted by atomic mass is 79.9. The van der Waals surface area contributed by atoms with Gasteiger partial charge in [0.1, 0.15) is 5.75 Å². The van der Waals surface area contributed by atoms with Gasteiger partial charge in [-0.25, -0.2) is 0 Å². The lowest BCUT2D eigenvalue weighted by Crippen LogP contribution is -2.33. The first-order valence-corrected chi connectivity index (χ1v) is 8.51. The summed E-state index contributed by atoms with van der Waals surface area (Å²) in [5.74, 6) is 0.297.